The van der Waals surface area contributed by atoms with Gasteiger partial charge in [0.25, 0.3) is 0 Å². The summed E-state index contributed by atoms with van der Waals surface area (Å²) >= 11 is 0.918. The van der Waals surface area contributed by atoms with Crippen molar-refractivity contribution in [3.8, 4) is 0 Å². The van der Waals surface area contributed by atoms with Crippen LogP contribution in [0.3, 0.4) is 0 Å². The van der Waals surface area contributed by atoms with Gasteiger partial charge in [-0.3, -0.25) is 9.36 Å². The second-order valence-corrected chi connectivity index (χ2v) is 8.79. The zero-order valence-corrected chi connectivity index (χ0v) is 15.7. The highest BCUT2D eigenvalue weighted by Crippen LogP contribution is 2.55. The minimum atomic E-state index is -3.48. The molecular formula is C13H23N2O8PS. The predicted octanol–water partition coefficient (Wildman–Crippen LogP) is 0.528. The minimum absolute atomic E-state index is 0.186. The lowest BCUT2D eigenvalue weighted by Gasteiger charge is -2.21. The van der Waals surface area contributed by atoms with Gasteiger partial charge >= 0.3 is 24.6 Å². The molecule has 0 bridgehead atoms. The van der Waals surface area contributed by atoms with Crippen molar-refractivity contribution in [2.45, 2.75) is 19.9 Å². The van der Waals surface area contributed by atoms with Crippen molar-refractivity contribution in [1.29, 1.82) is 0 Å². The zero-order valence-electron chi connectivity index (χ0n) is 14.0. The summed E-state index contributed by atoms with van der Waals surface area (Å²) in [5.74, 6) is -2.41. The van der Waals surface area contributed by atoms with Gasteiger partial charge in [-0.2, -0.15) is 0 Å². The van der Waals surface area contributed by atoms with Gasteiger partial charge in [0.1, 0.15) is 12.6 Å². The Balaban J connectivity index is 4.51. The van der Waals surface area contributed by atoms with E-state index in [1.165, 1.54) is 6.92 Å². The van der Waals surface area contributed by atoms with E-state index in [0.29, 0.717) is 11.8 Å². The van der Waals surface area contributed by atoms with Crippen molar-refractivity contribution >= 4 is 36.0 Å². The van der Waals surface area contributed by atoms with E-state index in [2.05, 4.69) is 5.09 Å². The highest BCUT2D eigenvalue weighted by Gasteiger charge is 2.29. The number of carbonyl (C=O) groups excluding carboxylic acids is 2. The van der Waals surface area contributed by atoms with E-state index in [4.69, 9.17) is 24.8 Å². The average Bonchev–Trinajstić information content (AvgIpc) is 2.55. The molecule has 0 aliphatic heterocycles. The average molecular weight is 398 g/mol. The lowest BCUT2D eigenvalue weighted by Crippen LogP contribution is -2.33. The molecular weight excluding hydrogens is 375 g/mol. The highest BCUT2D eigenvalue weighted by atomic mass is 32.7. The van der Waals surface area contributed by atoms with Gasteiger partial charge in [-0.25, -0.2) is 14.7 Å². The van der Waals surface area contributed by atoms with E-state index in [9.17, 15) is 18.9 Å². The molecule has 2 atom stereocenters. The molecule has 0 aliphatic rings. The van der Waals surface area contributed by atoms with Crippen LogP contribution in [0, 0.1) is 0 Å². The Bertz CT molecular complexity index is 528. The van der Waals surface area contributed by atoms with Crippen LogP contribution in [0.25, 0.3) is 0 Å². The third-order valence-corrected chi connectivity index (χ3v) is 6.51. The van der Waals surface area contributed by atoms with Crippen molar-refractivity contribution in [2.24, 2.45) is 5.73 Å². The molecule has 0 aliphatic carbocycles. The molecule has 0 aromatic carbocycles. The maximum atomic E-state index is 12.7. The molecule has 0 radical (unpaired) electrons. The fourth-order valence-corrected chi connectivity index (χ4v) is 4.98. The molecule has 0 amide bonds. The second kappa shape index (κ2) is 12.9. The molecule has 1 unspecified atom stereocenters. The number of hydrogen-bond donors (Lipinski definition) is 3. The minimum Gasteiger partial charge on any atom is -0.478 e. The summed E-state index contributed by atoms with van der Waals surface area (Å²) in [4.78, 5) is 33.1. The molecule has 144 valence electrons. The van der Waals surface area contributed by atoms with Crippen LogP contribution in [0.2, 0.25) is 0 Å². The third kappa shape index (κ3) is 11.7. The Kier molecular flexibility index (Phi) is 12.2. The standard InChI is InChI=1S/C13H23N2O8PS/c1-3-21-13(19)10(2)15-24(20,25-9-6-14)23-8-7-22-12(18)5-4-11(16)17/h4-5,10H,3,6-9,14H2,1-2H3,(H,15,20)(H,16,17)/b5-4+/t10-,24?/m0/s1. The van der Waals surface area contributed by atoms with Crippen molar-refractivity contribution in [3.05, 3.63) is 12.2 Å². The molecule has 0 fully saturated rings. The van der Waals surface area contributed by atoms with E-state index in [1.54, 1.807) is 6.92 Å². The van der Waals surface area contributed by atoms with Crippen LogP contribution >= 0.6 is 18.1 Å². The Hall–Kier alpha value is -1.39. The first-order chi connectivity index (χ1) is 11.7. The van der Waals surface area contributed by atoms with Crippen LogP contribution in [-0.2, 0) is 32.9 Å². The first-order valence-corrected chi connectivity index (χ1v) is 10.6. The Morgan fingerprint density at radius 3 is 2.52 bits per heavy atom. The molecule has 0 heterocycles. The second-order valence-electron chi connectivity index (χ2n) is 4.39. The molecule has 0 aromatic rings. The Morgan fingerprint density at radius 1 is 1.28 bits per heavy atom. The van der Waals surface area contributed by atoms with Gasteiger partial charge < -0.3 is 24.8 Å². The zero-order chi connectivity index (χ0) is 19.3. The number of carboxylic acid groups (broad SMARTS) is 1. The quantitative estimate of drug-likeness (QED) is 0.172. The van der Waals surface area contributed by atoms with Crippen molar-refractivity contribution in [2.75, 3.05) is 32.1 Å². The normalized spacial score (nSPS) is 14.7. The van der Waals surface area contributed by atoms with Crippen molar-refractivity contribution in [3.63, 3.8) is 0 Å². The van der Waals surface area contributed by atoms with E-state index >= 15 is 0 Å². The number of ether oxygens (including phenoxy) is 2. The summed E-state index contributed by atoms with van der Waals surface area (Å²) in [5, 5.41) is 10.9. The van der Waals surface area contributed by atoms with Crippen LogP contribution in [0.4, 0.5) is 0 Å². The van der Waals surface area contributed by atoms with E-state index in [1.807, 2.05) is 0 Å². The maximum Gasteiger partial charge on any atom is 0.331 e. The summed E-state index contributed by atoms with van der Waals surface area (Å²) in [5.41, 5.74) is 5.38. The van der Waals surface area contributed by atoms with Gasteiger partial charge in [0.05, 0.1) is 13.2 Å². The highest BCUT2D eigenvalue weighted by molar-refractivity contribution is 8.56. The van der Waals surface area contributed by atoms with Crippen LogP contribution in [0.15, 0.2) is 12.2 Å². The van der Waals surface area contributed by atoms with Crippen LogP contribution < -0.4 is 10.8 Å². The monoisotopic (exact) mass is 398 g/mol. The van der Waals surface area contributed by atoms with Gasteiger partial charge in [0, 0.05) is 24.4 Å². The van der Waals surface area contributed by atoms with Gasteiger partial charge in [-0.15, -0.1) is 0 Å². The molecule has 0 rings (SSSR count). The number of carboxylic acids is 1. The molecule has 25 heavy (non-hydrogen) atoms. The Morgan fingerprint density at radius 2 is 1.96 bits per heavy atom. The summed E-state index contributed by atoms with van der Waals surface area (Å²) < 4.78 is 27.4. The molecule has 12 heteroatoms. The van der Waals surface area contributed by atoms with E-state index in [-0.39, 0.29) is 26.4 Å². The summed E-state index contributed by atoms with van der Waals surface area (Å²) in [6.45, 7) is -0.373. The smallest absolute Gasteiger partial charge is 0.331 e. The SMILES string of the molecule is CCOC(=O)[C@H](C)NP(=O)(OCCOC(=O)/C=C/C(=O)O)SCCN. The number of nitrogens with one attached hydrogen (secondary N) is 1. The fourth-order valence-electron chi connectivity index (χ4n) is 1.33. The molecule has 0 saturated heterocycles. The molecule has 0 saturated carbocycles. The number of hydrogen-bond acceptors (Lipinski definition) is 9. The first kappa shape index (κ1) is 23.6. The summed E-state index contributed by atoms with van der Waals surface area (Å²) in [7, 11) is 0. The Labute approximate surface area is 149 Å². The topological polar surface area (TPSA) is 154 Å². The van der Waals surface area contributed by atoms with Crippen LogP contribution in [0.1, 0.15) is 13.8 Å². The van der Waals surface area contributed by atoms with Crippen LogP contribution in [0.5, 0.6) is 0 Å². The predicted molar refractivity (Wildman–Crippen MR) is 92.0 cm³/mol. The largest absolute Gasteiger partial charge is 0.478 e. The van der Waals surface area contributed by atoms with Gasteiger partial charge in [0.15, 0.2) is 0 Å². The van der Waals surface area contributed by atoms with E-state index in [0.717, 1.165) is 17.5 Å². The fraction of sp³-hybridized carbons (Fsp3) is 0.615. The summed E-state index contributed by atoms with van der Waals surface area (Å²) in [6, 6.07) is -0.864. The van der Waals surface area contributed by atoms with Crippen molar-refractivity contribution < 1.29 is 38.1 Å². The first-order valence-electron chi connectivity index (χ1n) is 7.35. The summed E-state index contributed by atoms with van der Waals surface area (Å²) in [6.07, 6.45) is 1.37. The number of carbonyl (C=O) groups is 3. The lowest BCUT2D eigenvalue weighted by molar-refractivity contribution is -0.144. The number of rotatable bonds is 13. The lowest BCUT2D eigenvalue weighted by atomic mass is 10.4. The number of nitrogens with two attached hydrogens (primary N) is 1. The molecule has 0 spiro atoms. The molecule has 4 N–H and O–H groups in total. The molecule has 0 aromatic heterocycles. The van der Waals surface area contributed by atoms with Crippen molar-refractivity contribution in [1.82, 2.24) is 5.09 Å². The van der Waals surface area contributed by atoms with Gasteiger partial charge in [-0.1, -0.05) is 11.4 Å². The van der Waals surface area contributed by atoms with Gasteiger partial charge in [0.2, 0.25) is 0 Å². The van der Waals surface area contributed by atoms with E-state index < -0.39 is 30.7 Å². The number of esters is 2. The third-order valence-electron chi connectivity index (χ3n) is 2.32. The molecule has 10 nitrogen and oxygen atoms in total. The van der Waals surface area contributed by atoms with Crippen LogP contribution in [-0.4, -0.2) is 61.2 Å². The van der Waals surface area contributed by atoms with Gasteiger partial charge in [-0.05, 0) is 13.8 Å². The number of aliphatic carboxylic acids is 1. The maximum absolute atomic E-state index is 12.7.